The average molecular weight is 284 g/mol. The number of anilines is 2. The van der Waals surface area contributed by atoms with E-state index in [9.17, 15) is 13.2 Å². The van der Waals surface area contributed by atoms with Gasteiger partial charge in [-0.05, 0) is 37.5 Å². The standard InChI is InChI=1S/C12H16N2O4S/c1-7-9(12(15)16)6-10(8(2)11(7)13)14-4-3-5-19(14,17)18/h6H,3-5,13H2,1-2H3,(H,15,16). The minimum atomic E-state index is -3.35. The molecule has 2 rings (SSSR count). The highest BCUT2D eigenvalue weighted by Crippen LogP contribution is 2.34. The molecule has 1 heterocycles. The van der Waals surface area contributed by atoms with E-state index < -0.39 is 16.0 Å². The Morgan fingerprint density at radius 3 is 2.47 bits per heavy atom. The quantitative estimate of drug-likeness (QED) is 0.793. The van der Waals surface area contributed by atoms with Crippen LogP contribution in [-0.2, 0) is 10.0 Å². The zero-order chi connectivity index (χ0) is 14.4. The van der Waals surface area contributed by atoms with E-state index in [4.69, 9.17) is 10.8 Å². The van der Waals surface area contributed by atoms with Crippen LogP contribution in [0.2, 0.25) is 0 Å². The van der Waals surface area contributed by atoms with Crippen LogP contribution in [0.1, 0.15) is 27.9 Å². The molecule has 0 bridgehead atoms. The summed E-state index contributed by atoms with van der Waals surface area (Å²) < 4.78 is 25.1. The van der Waals surface area contributed by atoms with E-state index in [0.717, 1.165) is 0 Å². The van der Waals surface area contributed by atoms with Crippen LogP contribution in [0.25, 0.3) is 0 Å². The summed E-state index contributed by atoms with van der Waals surface area (Å²) in [6, 6.07) is 1.40. The Bertz CT molecular complexity index is 652. The van der Waals surface area contributed by atoms with E-state index >= 15 is 0 Å². The van der Waals surface area contributed by atoms with Gasteiger partial charge in [-0.1, -0.05) is 0 Å². The molecule has 1 aromatic carbocycles. The van der Waals surface area contributed by atoms with Crippen molar-refractivity contribution in [2.45, 2.75) is 20.3 Å². The van der Waals surface area contributed by atoms with Crippen LogP contribution >= 0.6 is 0 Å². The fraction of sp³-hybridized carbons (Fsp3) is 0.417. The second-order valence-corrected chi connectivity index (χ2v) is 6.67. The van der Waals surface area contributed by atoms with Gasteiger partial charge in [0.15, 0.2) is 0 Å². The molecule has 6 nitrogen and oxygen atoms in total. The Kier molecular flexibility index (Phi) is 3.17. The van der Waals surface area contributed by atoms with E-state index in [0.29, 0.717) is 35.5 Å². The van der Waals surface area contributed by atoms with E-state index in [1.807, 2.05) is 0 Å². The number of aromatic carboxylic acids is 1. The smallest absolute Gasteiger partial charge is 0.336 e. The summed E-state index contributed by atoms with van der Waals surface area (Å²) in [4.78, 5) is 11.2. The van der Waals surface area contributed by atoms with Gasteiger partial charge in [0.2, 0.25) is 10.0 Å². The lowest BCUT2D eigenvalue weighted by atomic mass is 10.0. The first-order valence-corrected chi connectivity index (χ1v) is 7.50. The maximum Gasteiger partial charge on any atom is 0.336 e. The number of nitrogens with two attached hydrogens (primary N) is 1. The molecule has 0 saturated carbocycles. The molecule has 19 heavy (non-hydrogen) atoms. The third-order valence-electron chi connectivity index (χ3n) is 3.48. The molecule has 104 valence electrons. The van der Waals surface area contributed by atoms with Gasteiger partial charge in [0, 0.05) is 12.2 Å². The molecule has 0 atom stereocenters. The number of rotatable bonds is 2. The van der Waals surface area contributed by atoms with Crippen LogP contribution in [0.4, 0.5) is 11.4 Å². The summed E-state index contributed by atoms with van der Waals surface area (Å²) in [5, 5.41) is 9.15. The van der Waals surface area contributed by atoms with Crippen molar-refractivity contribution in [1.82, 2.24) is 0 Å². The highest BCUT2D eigenvalue weighted by molar-refractivity contribution is 7.93. The summed E-state index contributed by atoms with van der Waals surface area (Å²) in [6.45, 7) is 3.69. The van der Waals surface area contributed by atoms with Crippen molar-refractivity contribution < 1.29 is 18.3 Å². The van der Waals surface area contributed by atoms with Crippen LogP contribution in [0.3, 0.4) is 0 Å². The molecule has 0 spiro atoms. The predicted octanol–water partition coefficient (Wildman–Crippen LogP) is 1.12. The van der Waals surface area contributed by atoms with Gasteiger partial charge in [-0.2, -0.15) is 0 Å². The Morgan fingerprint density at radius 2 is 2.00 bits per heavy atom. The lowest BCUT2D eigenvalue weighted by Crippen LogP contribution is -2.26. The van der Waals surface area contributed by atoms with Crippen LogP contribution in [0, 0.1) is 13.8 Å². The molecular formula is C12H16N2O4S. The Labute approximate surface area is 111 Å². The van der Waals surface area contributed by atoms with Crippen molar-refractivity contribution in [2.24, 2.45) is 0 Å². The fourth-order valence-electron chi connectivity index (χ4n) is 2.31. The SMILES string of the molecule is Cc1c(C(=O)O)cc(N2CCCS2(=O)=O)c(C)c1N. The molecule has 7 heteroatoms. The molecule has 0 unspecified atom stereocenters. The third kappa shape index (κ3) is 2.14. The van der Waals surface area contributed by atoms with Gasteiger partial charge in [-0.25, -0.2) is 13.2 Å². The number of carbonyl (C=O) groups is 1. The maximum atomic E-state index is 11.9. The van der Waals surface area contributed by atoms with Gasteiger partial charge in [-0.3, -0.25) is 4.31 Å². The number of benzene rings is 1. The molecule has 0 amide bonds. The molecule has 0 aromatic heterocycles. The molecule has 3 N–H and O–H groups in total. The molecule has 1 fully saturated rings. The second kappa shape index (κ2) is 4.41. The van der Waals surface area contributed by atoms with E-state index in [-0.39, 0.29) is 11.3 Å². The monoisotopic (exact) mass is 284 g/mol. The van der Waals surface area contributed by atoms with Gasteiger partial charge in [-0.15, -0.1) is 0 Å². The Balaban J connectivity index is 2.68. The van der Waals surface area contributed by atoms with Gasteiger partial charge >= 0.3 is 5.97 Å². The number of nitrogens with zero attached hydrogens (tertiary/aromatic N) is 1. The van der Waals surface area contributed by atoms with Crippen molar-refractivity contribution in [3.8, 4) is 0 Å². The van der Waals surface area contributed by atoms with Gasteiger partial charge in [0.05, 0.1) is 17.0 Å². The van der Waals surface area contributed by atoms with Crippen LogP contribution in [0.5, 0.6) is 0 Å². The topological polar surface area (TPSA) is 101 Å². The van der Waals surface area contributed by atoms with E-state index in [1.165, 1.54) is 10.4 Å². The molecule has 1 aliphatic rings. The summed E-state index contributed by atoms with van der Waals surface area (Å²) >= 11 is 0. The molecule has 1 aliphatic heterocycles. The van der Waals surface area contributed by atoms with Crippen molar-refractivity contribution in [1.29, 1.82) is 0 Å². The van der Waals surface area contributed by atoms with Crippen molar-refractivity contribution in [3.63, 3.8) is 0 Å². The average Bonchev–Trinajstić information content (AvgIpc) is 2.66. The molecule has 0 radical (unpaired) electrons. The maximum absolute atomic E-state index is 11.9. The Hall–Kier alpha value is -1.76. The number of nitrogen functional groups attached to an aromatic ring is 1. The highest BCUT2D eigenvalue weighted by atomic mass is 32.2. The normalized spacial score (nSPS) is 17.7. The lowest BCUT2D eigenvalue weighted by Gasteiger charge is -2.22. The highest BCUT2D eigenvalue weighted by Gasteiger charge is 2.31. The molecule has 1 saturated heterocycles. The van der Waals surface area contributed by atoms with Crippen LogP contribution in [0.15, 0.2) is 6.07 Å². The van der Waals surface area contributed by atoms with Gasteiger partial charge in [0.25, 0.3) is 0 Å². The lowest BCUT2D eigenvalue weighted by molar-refractivity contribution is 0.0696. The Morgan fingerprint density at radius 1 is 1.37 bits per heavy atom. The fourth-order valence-corrected chi connectivity index (χ4v) is 3.92. The summed E-state index contributed by atoms with van der Waals surface area (Å²) in [5.41, 5.74) is 7.71. The number of hydrogen-bond acceptors (Lipinski definition) is 4. The van der Waals surface area contributed by atoms with Gasteiger partial charge < -0.3 is 10.8 Å². The van der Waals surface area contributed by atoms with Crippen molar-refractivity contribution in [2.75, 3.05) is 22.3 Å². The minimum Gasteiger partial charge on any atom is -0.478 e. The summed E-state index contributed by atoms with van der Waals surface area (Å²) in [6.07, 6.45) is 0.540. The largest absolute Gasteiger partial charge is 0.478 e. The van der Waals surface area contributed by atoms with Gasteiger partial charge in [0.1, 0.15) is 0 Å². The molecular weight excluding hydrogens is 268 g/mol. The van der Waals surface area contributed by atoms with Crippen LogP contribution in [-0.4, -0.2) is 31.8 Å². The first-order valence-electron chi connectivity index (χ1n) is 5.89. The number of hydrogen-bond donors (Lipinski definition) is 2. The van der Waals surface area contributed by atoms with Crippen molar-refractivity contribution in [3.05, 3.63) is 22.8 Å². The molecule has 1 aromatic rings. The first-order chi connectivity index (χ1) is 8.75. The summed E-state index contributed by atoms with van der Waals surface area (Å²) in [7, 11) is -3.35. The third-order valence-corrected chi connectivity index (χ3v) is 5.33. The van der Waals surface area contributed by atoms with Crippen molar-refractivity contribution >= 4 is 27.4 Å². The zero-order valence-electron chi connectivity index (χ0n) is 10.8. The second-order valence-electron chi connectivity index (χ2n) is 4.65. The number of carboxylic acids is 1. The zero-order valence-corrected chi connectivity index (χ0v) is 11.6. The molecule has 0 aliphatic carbocycles. The number of carboxylic acid groups (broad SMARTS) is 1. The van der Waals surface area contributed by atoms with E-state index in [1.54, 1.807) is 13.8 Å². The minimum absolute atomic E-state index is 0.0419. The number of sulfonamides is 1. The predicted molar refractivity (Wildman–Crippen MR) is 73.0 cm³/mol. The summed E-state index contributed by atoms with van der Waals surface area (Å²) in [5.74, 6) is -1.02. The first kappa shape index (κ1) is 13.7. The van der Waals surface area contributed by atoms with Crippen LogP contribution < -0.4 is 10.0 Å². The van der Waals surface area contributed by atoms with E-state index in [2.05, 4.69) is 0 Å².